The van der Waals surface area contributed by atoms with Crippen LogP contribution in [0.1, 0.15) is 25.0 Å². The van der Waals surface area contributed by atoms with Crippen molar-refractivity contribution in [3.63, 3.8) is 0 Å². The zero-order valence-corrected chi connectivity index (χ0v) is 15.3. The highest BCUT2D eigenvalue weighted by molar-refractivity contribution is 5.98. The highest BCUT2D eigenvalue weighted by Crippen LogP contribution is 2.37. The predicted molar refractivity (Wildman–Crippen MR) is 106 cm³/mol. The maximum Gasteiger partial charge on any atom is 0.155 e. The van der Waals surface area contributed by atoms with E-state index in [9.17, 15) is 0 Å². The van der Waals surface area contributed by atoms with Crippen molar-refractivity contribution in [3.05, 3.63) is 65.6 Å². The molecule has 0 fully saturated rings. The van der Waals surface area contributed by atoms with Gasteiger partial charge in [-0.15, -0.1) is 0 Å². The van der Waals surface area contributed by atoms with Gasteiger partial charge in [-0.1, -0.05) is 41.5 Å². The number of rotatable bonds is 4. The summed E-state index contributed by atoms with van der Waals surface area (Å²) in [5.74, 6) is 1.55. The Hall–Kier alpha value is -2.88. The first-order valence-corrected chi connectivity index (χ1v) is 8.38. The second-order valence-electron chi connectivity index (χ2n) is 6.87. The molecule has 0 saturated carbocycles. The van der Waals surface area contributed by atoms with Gasteiger partial charge in [-0.3, -0.25) is 0 Å². The molecule has 0 unspecified atom stereocenters. The molecule has 0 saturated heterocycles. The van der Waals surface area contributed by atoms with Crippen molar-refractivity contribution in [2.24, 2.45) is 0 Å². The van der Waals surface area contributed by atoms with Gasteiger partial charge in [0.15, 0.2) is 5.82 Å². The van der Waals surface area contributed by atoms with E-state index in [0.29, 0.717) is 12.3 Å². The van der Waals surface area contributed by atoms with Crippen LogP contribution in [0.4, 0.5) is 11.5 Å². The van der Waals surface area contributed by atoms with Crippen LogP contribution in [0, 0.1) is 19.3 Å². The quantitative estimate of drug-likeness (QED) is 0.770. The van der Waals surface area contributed by atoms with Crippen LogP contribution in [0.5, 0.6) is 0 Å². The highest BCUT2D eigenvalue weighted by Gasteiger charge is 2.24. The molecule has 2 aromatic rings. The number of pyridine rings is 1. The van der Waals surface area contributed by atoms with Crippen LogP contribution in [0.3, 0.4) is 0 Å². The summed E-state index contributed by atoms with van der Waals surface area (Å²) in [6, 6.07) is 8.63. The van der Waals surface area contributed by atoms with Gasteiger partial charge >= 0.3 is 0 Å². The zero-order valence-electron chi connectivity index (χ0n) is 15.3. The summed E-state index contributed by atoms with van der Waals surface area (Å²) in [4.78, 5) is 6.57. The van der Waals surface area contributed by atoms with Gasteiger partial charge in [0.1, 0.15) is 5.82 Å². The number of hydrogen-bond acceptors (Lipinski definition) is 4. The van der Waals surface area contributed by atoms with E-state index in [0.717, 1.165) is 34.0 Å². The molecule has 0 amide bonds. The van der Waals surface area contributed by atoms with Crippen LogP contribution in [-0.2, 0) is 0 Å². The zero-order chi connectivity index (χ0) is 18.1. The SMILES string of the molecule is C=C1Nc2ncc(-c3cc(C)cc(C)c3)cc2N1CC(=N)C=C(C)C. The summed E-state index contributed by atoms with van der Waals surface area (Å²) in [5.41, 5.74) is 7.33. The molecule has 1 aliphatic rings. The van der Waals surface area contributed by atoms with Crippen molar-refractivity contribution in [2.75, 3.05) is 16.8 Å². The lowest BCUT2D eigenvalue weighted by atomic mass is 10.0. The van der Waals surface area contributed by atoms with Crippen LogP contribution >= 0.6 is 0 Å². The number of benzene rings is 1. The second kappa shape index (κ2) is 6.55. The molecule has 4 nitrogen and oxygen atoms in total. The van der Waals surface area contributed by atoms with E-state index >= 15 is 0 Å². The Kier molecular flexibility index (Phi) is 4.45. The summed E-state index contributed by atoms with van der Waals surface area (Å²) in [7, 11) is 0. The van der Waals surface area contributed by atoms with Gasteiger partial charge in [0.25, 0.3) is 0 Å². The number of aryl methyl sites for hydroxylation is 2. The maximum atomic E-state index is 8.18. The van der Waals surface area contributed by atoms with Crippen molar-refractivity contribution in [1.29, 1.82) is 5.41 Å². The Morgan fingerprint density at radius 1 is 1.16 bits per heavy atom. The molecule has 1 aliphatic heterocycles. The molecule has 1 aromatic carbocycles. The molecule has 1 aromatic heterocycles. The second-order valence-corrected chi connectivity index (χ2v) is 6.87. The fourth-order valence-corrected chi connectivity index (χ4v) is 3.15. The van der Waals surface area contributed by atoms with E-state index in [1.54, 1.807) is 0 Å². The number of fused-ring (bicyclic) bond motifs is 1. The smallest absolute Gasteiger partial charge is 0.155 e. The molecule has 25 heavy (non-hydrogen) atoms. The van der Waals surface area contributed by atoms with Crippen LogP contribution < -0.4 is 10.2 Å². The fourth-order valence-electron chi connectivity index (χ4n) is 3.15. The Balaban J connectivity index is 1.97. The Labute approximate surface area is 149 Å². The average Bonchev–Trinajstić information content (AvgIpc) is 2.81. The molecular formula is C21H24N4. The third kappa shape index (κ3) is 3.63. The third-order valence-corrected chi connectivity index (χ3v) is 4.09. The molecule has 3 rings (SSSR count). The number of aromatic nitrogens is 1. The van der Waals surface area contributed by atoms with Crippen molar-refractivity contribution in [2.45, 2.75) is 27.7 Å². The van der Waals surface area contributed by atoms with Crippen molar-refractivity contribution in [1.82, 2.24) is 4.98 Å². The minimum atomic E-state index is 0.474. The Morgan fingerprint density at radius 3 is 2.48 bits per heavy atom. The highest BCUT2D eigenvalue weighted by atomic mass is 15.3. The van der Waals surface area contributed by atoms with Crippen LogP contribution in [0.25, 0.3) is 11.1 Å². The molecule has 2 heterocycles. The van der Waals surface area contributed by atoms with Crippen molar-refractivity contribution >= 4 is 17.2 Å². The van der Waals surface area contributed by atoms with E-state index < -0.39 is 0 Å². The van der Waals surface area contributed by atoms with Gasteiger partial charge < -0.3 is 15.6 Å². The molecule has 0 spiro atoms. The summed E-state index contributed by atoms with van der Waals surface area (Å²) in [6.07, 6.45) is 3.77. The van der Waals surface area contributed by atoms with Crippen LogP contribution in [0.15, 0.2) is 54.5 Å². The van der Waals surface area contributed by atoms with Gasteiger partial charge in [-0.25, -0.2) is 4.98 Å². The summed E-state index contributed by atoms with van der Waals surface area (Å²) in [5, 5.41) is 11.4. The topological polar surface area (TPSA) is 52.0 Å². The number of allylic oxidation sites excluding steroid dienone is 1. The van der Waals surface area contributed by atoms with Gasteiger partial charge in [-0.2, -0.15) is 0 Å². The summed E-state index contributed by atoms with van der Waals surface area (Å²) in [6.45, 7) is 12.8. The molecule has 128 valence electrons. The number of nitrogens with one attached hydrogen (secondary N) is 2. The van der Waals surface area contributed by atoms with Gasteiger partial charge in [0, 0.05) is 11.8 Å². The van der Waals surface area contributed by atoms with Crippen LogP contribution in [0.2, 0.25) is 0 Å². The molecule has 0 aliphatic carbocycles. The largest absolute Gasteiger partial charge is 0.325 e. The van der Waals surface area contributed by atoms with Gasteiger partial charge in [0.05, 0.1) is 17.9 Å². The van der Waals surface area contributed by atoms with Crippen LogP contribution in [-0.4, -0.2) is 17.2 Å². The number of nitrogens with zero attached hydrogens (tertiary/aromatic N) is 2. The Bertz CT molecular complexity index is 869. The minimum absolute atomic E-state index is 0.474. The predicted octanol–water partition coefficient (Wildman–Crippen LogP) is 5.05. The number of hydrogen-bond donors (Lipinski definition) is 2. The Morgan fingerprint density at radius 2 is 1.84 bits per heavy atom. The van der Waals surface area contributed by atoms with Gasteiger partial charge in [0.2, 0.25) is 0 Å². The van der Waals surface area contributed by atoms with E-state index in [1.807, 2.05) is 31.0 Å². The molecular weight excluding hydrogens is 308 g/mol. The first-order valence-electron chi connectivity index (χ1n) is 8.38. The van der Waals surface area contributed by atoms with E-state index in [4.69, 9.17) is 5.41 Å². The first kappa shape index (κ1) is 17.0. The van der Waals surface area contributed by atoms with E-state index in [2.05, 4.69) is 55.0 Å². The lowest BCUT2D eigenvalue weighted by Gasteiger charge is -2.19. The first-order chi connectivity index (χ1) is 11.8. The number of anilines is 2. The van der Waals surface area contributed by atoms with Crippen molar-refractivity contribution < 1.29 is 0 Å². The molecule has 2 N–H and O–H groups in total. The molecule has 4 heteroatoms. The fraction of sp³-hybridized carbons (Fsp3) is 0.238. The maximum absolute atomic E-state index is 8.18. The van der Waals surface area contributed by atoms with Gasteiger partial charge in [-0.05, 0) is 45.4 Å². The standard InChI is InChI=1S/C21H24N4/c1-13(2)6-19(22)12-25-16(5)24-21-20(25)10-18(11-23-21)17-8-14(3)7-15(4)9-17/h6-11,22H,5,12H2,1-4H3,(H,23,24). The monoisotopic (exact) mass is 332 g/mol. The average molecular weight is 332 g/mol. The summed E-state index contributed by atoms with van der Waals surface area (Å²) >= 11 is 0. The normalized spacial score (nSPS) is 12.6. The molecule has 0 atom stereocenters. The van der Waals surface area contributed by atoms with Crippen molar-refractivity contribution in [3.8, 4) is 11.1 Å². The lowest BCUT2D eigenvalue weighted by molar-refractivity contribution is 1.08. The van der Waals surface area contributed by atoms with E-state index in [1.165, 1.54) is 11.1 Å². The molecule has 0 radical (unpaired) electrons. The summed E-state index contributed by atoms with van der Waals surface area (Å²) < 4.78 is 0. The molecule has 0 bridgehead atoms. The minimum Gasteiger partial charge on any atom is -0.325 e. The lowest BCUT2D eigenvalue weighted by Crippen LogP contribution is -2.26. The third-order valence-electron chi connectivity index (χ3n) is 4.09. The van der Waals surface area contributed by atoms with E-state index in [-0.39, 0.29) is 0 Å².